The molecule has 6 nitrogen and oxygen atoms in total. The maximum Gasteiger partial charge on any atom is 0.265 e. The average molecular weight is 244 g/mol. The molecule has 1 aromatic carbocycles. The van der Waals surface area contributed by atoms with Gasteiger partial charge in [-0.2, -0.15) is 5.21 Å². The largest absolute Gasteiger partial charge is 0.336 e. The lowest BCUT2D eigenvalue weighted by Crippen LogP contribution is -2.46. The number of hydrogen-bond acceptors (Lipinski definition) is 5. The van der Waals surface area contributed by atoms with Crippen molar-refractivity contribution >= 4 is 5.95 Å². The third-order valence-corrected chi connectivity index (χ3v) is 3.24. The molecule has 3 rings (SSSR count). The molecule has 0 bridgehead atoms. The average Bonchev–Trinajstić information content (AvgIpc) is 2.95. The van der Waals surface area contributed by atoms with Crippen molar-refractivity contribution in [1.29, 1.82) is 0 Å². The fourth-order valence-corrected chi connectivity index (χ4v) is 2.24. The van der Waals surface area contributed by atoms with Gasteiger partial charge in [0.05, 0.1) is 0 Å². The predicted octanol–water partition coefficient (Wildman–Crippen LogP) is 0.522. The quantitative estimate of drug-likeness (QED) is 0.853. The van der Waals surface area contributed by atoms with Crippen LogP contribution >= 0.6 is 0 Å². The molecule has 0 atom stereocenters. The Bertz CT molecular complexity index is 461. The van der Waals surface area contributed by atoms with Crippen molar-refractivity contribution in [3.63, 3.8) is 0 Å². The van der Waals surface area contributed by atoms with Gasteiger partial charge in [-0.3, -0.25) is 4.90 Å². The van der Waals surface area contributed by atoms with Crippen molar-refractivity contribution in [3.8, 4) is 0 Å². The van der Waals surface area contributed by atoms with Gasteiger partial charge in [0.15, 0.2) is 0 Å². The summed E-state index contributed by atoms with van der Waals surface area (Å²) in [4.78, 5) is 4.61. The number of benzene rings is 1. The van der Waals surface area contributed by atoms with Crippen LogP contribution in [-0.2, 0) is 6.54 Å². The molecular formula is C12H16N6. The summed E-state index contributed by atoms with van der Waals surface area (Å²) in [6.07, 6.45) is 0. The van der Waals surface area contributed by atoms with Crippen molar-refractivity contribution in [3.05, 3.63) is 35.9 Å². The first kappa shape index (κ1) is 11.2. The molecule has 1 fully saturated rings. The second-order valence-corrected chi connectivity index (χ2v) is 4.46. The van der Waals surface area contributed by atoms with Crippen molar-refractivity contribution in [2.24, 2.45) is 0 Å². The van der Waals surface area contributed by atoms with Gasteiger partial charge < -0.3 is 4.90 Å². The number of nitrogens with zero attached hydrogens (tertiary/aromatic N) is 5. The zero-order chi connectivity index (χ0) is 12.2. The third kappa shape index (κ3) is 2.48. The van der Waals surface area contributed by atoms with Crippen LogP contribution in [0.5, 0.6) is 0 Å². The van der Waals surface area contributed by atoms with E-state index in [4.69, 9.17) is 0 Å². The Morgan fingerprint density at radius 2 is 1.83 bits per heavy atom. The molecule has 1 N–H and O–H groups in total. The van der Waals surface area contributed by atoms with Crippen LogP contribution in [0.3, 0.4) is 0 Å². The molecule has 0 saturated carbocycles. The Labute approximate surface area is 106 Å². The molecule has 1 saturated heterocycles. The van der Waals surface area contributed by atoms with Crippen molar-refractivity contribution in [1.82, 2.24) is 25.5 Å². The summed E-state index contributed by atoms with van der Waals surface area (Å²) >= 11 is 0. The van der Waals surface area contributed by atoms with Crippen LogP contribution < -0.4 is 4.90 Å². The Balaban J connectivity index is 1.54. The number of H-pyrrole nitrogens is 1. The first-order valence-electron chi connectivity index (χ1n) is 6.16. The van der Waals surface area contributed by atoms with E-state index in [1.165, 1.54) is 5.56 Å². The summed E-state index contributed by atoms with van der Waals surface area (Å²) in [5.74, 6) is 0.703. The van der Waals surface area contributed by atoms with Crippen LogP contribution in [0, 0.1) is 0 Å². The van der Waals surface area contributed by atoms with Crippen LogP contribution in [0.4, 0.5) is 5.95 Å². The Morgan fingerprint density at radius 3 is 2.50 bits per heavy atom. The number of aromatic nitrogens is 4. The van der Waals surface area contributed by atoms with Gasteiger partial charge in [0, 0.05) is 32.7 Å². The summed E-state index contributed by atoms with van der Waals surface area (Å²) in [5.41, 5.74) is 1.37. The van der Waals surface area contributed by atoms with Crippen LogP contribution in [0.15, 0.2) is 30.3 Å². The Morgan fingerprint density at radius 1 is 1.06 bits per heavy atom. The molecule has 1 aliphatic heterocycles. The minimum atomic E-state index is 0.703. The van der Waals surface area contributed by atoms with Gasteiger partial charge >= 0.3 is 0 Å². The van der Waals surface area contributed by atoms with E-state index in [2.05, 4.69) is 60.8 Å². The Kier molecular flexibility index (Phi) is 3.18. The first-order chi connectivity index (χ1) is 8.92. The fourth-order valence-electron chi connectivity index (χ4n) is 2.24. The molecule has 0 spiro atoms. The SMILES string of the molecule is c1ccc(CN2CCN(c3nn[nH]n3)CC2)cc1. The molecule has 94 valence electrons. The third-order valence-electron chi connectivity index (χ3n) is 3.24. The fraction of sp³-hybridized carbons (Fsp3) is 0.417. The number of tetrazole rings is 1. The number of rotatable bonds is 3. The van der Waals surface area contributed by atoms with Crippen LogP contribution in [-0.4, -0.2) is 51.7 Å². The van der Waals surface area contributed by atoms with Crippen LogP contribution in [0.2, 0.25) is 0 Å². The molecule has 1 aliphatic rings. The van der Waals surface area contributed by atoms with Crippen molar-refractivity contribution in [2.45, 2.75) is 6.54 Å². The maximum absolute atomic E-state index is 4.01. The molecule has 18 heavy (non-hydrogen) atoms. The number of hydrogen-bond donors (Lipinski definition) is 1. The van der Waals surface area contributed by atoms with Gasteiger partial charge in [-0.05, 0) is 10.8 Å². The minimum Gasteiger partial charge on any atom is -0.336 e. The molecule has 0 amide bonds. The van der Waals surface area contributed by atoms with Crippen molar-refractivity contribution in [2.75, 3.05) is 31.1 Å². The standard InChI is InChI=1S/C12H16N6/c1-2-4-11(5-3-1)10-17-6-8-18(9-7-17)12-13-15-16-14-12/h1-5H,6-10H2,(H,13,14,15,16). The second kappa shape index (κ2) is 5.14. The summed E-state index contributed by atoms with van der Waals surface area (Å²) in [5, 5.41) is 14.1. The van der Waals surface area contributed by atoms with Gasteiger partial charge in [-0.25, -0.2) is 0 Å². The zero-order valence-corrected chi connectivity index (χ0v) is 10.2. The van der Waals surface area contributed by atoms with E-state index < -0.39 is 0 Å². The summed E-state index contributed by atoms with van der Waals surface area (Å²) in [7, 11) is 0. The highest BCUT2D eigenvalue weighted by Gasteiger charge is 2.19. The van der Waals surface area contributed by atoms with Crippen LogP contribution in [0.1, 0.15) is 5.56 Å². The monoisotopic (exact) mass is 244 g/mol. The smallest absolute Gasteiger partial charge is 0.265 e. The molecule has 0 unspecified atom stereocenters. The van der Waals surface area contributed by atoms with Gasteiger partial charge in [-0.1, -0.05) is 35.4 Å². The zero-order valence-electron chi connectivity index (χ0n) is 10.2. The van der Waals surface area contributed by atoms with Gasteiger partial charge in [-0.15, -0.1) is 5.10 Å². The van der Waals surface area contributed by atoms with E-state index >= 15 is 0 Å². The van der Waals surface area contributed by atoms with Gasteiger partial charge in [0.2, 0.25) is 0 Å². The highest BCUT2D eigenvalue weighted by atomic mass is 15.5. The number of anilines is 1. The Hall–Kier alpha value is -1.95. The molecule has 2 heterocycles. The van der Waals surface area contributed by atoms with E-state index in [9.17, 15) is 0 Å². The molecule has 1 aromatic heterocycles. The van der Waals surface area contributed by atoms with Gasteiger partial charge in [0.1, 0.15) is 0 Å². The van der Waals surface area contributed by atoms with Gasteiger partial charge in [0.25, 0.3) is 5.95 Å². The highest BCUT2D eigenvalue weighted by molar-refractivity contribution is 5.27. The lowest BCUT2D eigenvalue weighted by atomic mass is 10.2. The topological polar surface area (TPSA) is 60.9 Å². The van der Waals surface area contributed by atoms with E-state index in [0.717, 1.165) is 32.7 Å². The van der Waals surface area contributed by atoms with E-state index in [1.807, 2.05) is 0 Å². The normalized spacial score (nSPS) is 17.0. The summed E-state index contributed by atoms with van der Waals surface area (Å²) < 4.78 is 0. The number of nitrogens with one attached hydrogen (secondary N) is 1. The van der Waals surface area contributed by atoms with E-state index in [1.54, 1.807) is 0 Å². The maximum atomic E-state index is 4.01. The second-order valence-electron chi connectivity index (χ2n) is 4.46. The number of piperazine rings is 1. The van der Waals surface area contributed by atoms with E-state index in [-0.39, 0.29) is 0 Å². The number of aromatic amines is 1. The van der Waals surface area contributed by atoms with E-state index in [0.29, 0.717) is 5.95 Å². The van der Waals surface area contributed by atoms with Crippen LogP contribution in [0.25, 0.3) is 0 Å². The molecule has 2 aromatic rings. The highest BCUT2D eigenvalue weighted by Crippen LogP contribution is 2.11. The lowest BCUT2D eigenvalue weighted by Gasteiger charge is -2.33. The lowest BCUT2D eigenvalue weighted by molar-refractivity contribution is 0.248. The molecule has 0 radical (unpaired) electrons. The summed E-state index contributed by atoms with van der Waals surface area (Å²) in [6, 6.07) is 10.6. The molecule has 0 aliphatic carbocycles. The molecular weight excluding hydrogens is 228 g/mol. The first-order valence-corrected chi connectivity index (χ1v) is 6.16. The molecule has 6 heteroatoms. The van der Waals surface area contributed by atoms with Crippen molar-refractivity contribution < 1.29 is 0 Å². The summed E-state index contributed by atoms with van der Waals surface area (Å²) in [6.45, 7) is 4.98. The predicted molar refractivity (Wildman–Crippen MR) is 68.1 cm³/mol. The minimum absolute atomic E-state index is 0.703.